The minimum atomic E-state index is -0.675. The molecule has 0 aromatic heterocycles. The van der Waals surface area contributed by atoms with Gasteiger partial charge in [0, 0.05) is 12.2 Å². The van der Waals surface area contributed by atoms with Crippen molar-refractivity contribution in [1.29, 1.82) is 0 Å². The highest BCUT2D eigenvalue weighted by molar-refractivity contribution is 7.80. The Bertz CT molecular complexity index is 1150. The number of thiocarbonyl (C=S) groups is 1. The maximum atomic E-state index is 13.5. The molecule has 1 atom stereocenters. The van der Waals surface area contributed by atoms with Crippen molar-refractivity contribution >= 4 is 40.5 Å². The van der Waals surface area contributed by atoms with Gasteiger partial charge in [0.1, 0.15) is 11.8 Å². The largest absolute Gasteiger partial charge is 0.494 e. The number of ether oxygens (including phenoxy) is 1. The monoisotopic (exact) mass is 487 g/mol. The highest BCUT2D eigenvalue weighted by atomic mass is 32.1. The number of rotatable bonds is 9. The molecule has 3 aromatic carbocycles. The van der Waals surface area contributed by atoms with Crippen LogP contribution < -0.4 is 15.0 Å². The highest BCUT2D eigenvalue weighted by Crippen LogP contribution is 2.28. The molecule has 1 aliphatic rings. The summed E-state index contributed by atoms with van der Waals surface area (Å²) in [7, 11) is 0. The number of nitrogens with zero attached hydrogens (tertiary/aromatic N) is 2. The van der Waals surface area contributed by atoms with Crippen LogP contribution in [-0.4, -0.2) is 41.0 Å². The Kier molecular flexibility index (Phi) is 8.11. The van der Waals surface area contributed by atoms with Gasteiger partial charge in [0.2, 0.25) is 5.91 Å². The van der Waals surface area contributed by atoms with Gasteiger partial charge in [-0.1, -0.05) is 55.5 Å². The topological polar surface area (TPSA) is 61.9 Å². The zero-order valence-corrected chi connectivity index (χ0v) is 20.5. The Morgan fingerprint density at radius 3 is 2.31 bits per heavy atom. The number of carbonyl (C=O) groups excluding carboxylic acids is 2. The second-order valence-electron chi connectivity index (χ2n) is 8.35. The Balaban J connectivity index is 1.54. The van der Waals surface area contributed by atoms with Gasteiger partial charge in [-0.05, 0) is 67.0 Å². The molecule has 1 heterocycles. The highest BCUT2D eigenvalue weighted by Gasteiger charge is 2.43. The molecular formula is C28H29N3O3S. The molecule has 35 heavy (non-hydrogen) atoms. The lowest BCUT2D eigenvalue weighted by molar-refractivity contribution is -0.122. The summed E-state index contributed by atoms with van der Waals surface area (Å²) < 4.78 is 5.63. The Morgan fingerprint density at radius 2 is 1.66 bits per heavy atom. The zero-order valence-electron chi connectivity index (χ0n) is 19.7. The van der Waals surface area contributed by atoms with Gasteiger partial charge >= 0.3 is 0 Å². The fourth-order valence-electron chi connectivity index (χ4n) is 4.05. The molecule has 0 radical (unpaired) electrons. The lowest BCUT2D eigenvalue weighted by atomic mass is 10.1. The third-order valence-corrected chi connectivity index (χ3v) is 6.17. The third-order valence-electron chi connectivity index (χ3n) is 5.84. The molecule has 4 rings (SSSR count). The van der Waals surface area contributed by atoms with Crippen molar-refractivity contribution in [2.24, 2.45) is 0 Å². The Labute approximate surface area is 211 Å². The van der Waals surface area contributed by atoms with Crippen LogP contribution in [0.2, 0.25) is 0 Å². The van der Waals surface area contributed by atoms with Crippen molar-refractivity contribution in [3.63, 3.8) is 0 Å². The Hall–Kier alpha value is -3.71. The number of nitrogens with one attached hydrogen (secondary N) is 1. The third kappa shape index (κ3) is 6.05. The fourth-order valence-corrected chi connectivity index (χ4v) is 4.39. The van der Waals surface area contributed by atoms with E-state index < -0.39 is 6.04 Å². The predicted molar refractivity (Wildman–Crippen MR) is 143 cm³/mol. The molecule has 0 bridgehead atoms. The molecule has 1 unspecified atom stereocenters. The van der Waals surface area contributed by atoms with Crippen LogP contribution in [0.4, 0.5) is 11.4 Å². The van der Waals surface area contributed by atoms with Crippen molar-refractivity contribution in [3.05, 3.63) is 90.5 Å². The summed E-state index contributed by atoms with van der Waals surface area (Å²) >= 11 is 5.73. The Morgan fingerprint density at radius 1 is 1.00 bits per heavy atom. The number of imide groups is 1. The van der Waals surface area contributed by atoms with Crippen LogP contribution in [0.3, 0.4) is 0 Å². The van der Waals surface area contributed by atoms with Crippen LogP contribution in [0.15, 0.2) is 84.9 Å². The van der Waals surface area contributed by atoms with E-state index in [1.165, 1.54) is 4.90 Å². The molecular weight excluding hydrogens is 458 g/mol. The van der Waals surface area contributed by atoms with E-state index in [9.17, 15) is 9.59 Å². The van der Waals surface area contributed by atoms with Gasteiger partial charge in [0.05, 0.1) is 18.7 Å². The molecule has 1 fully saturated rings. The van der Waals surface area contributed by atoms with E-state index in [-0.39, 0.29) is 18.2 Å². The van der Waals surface area contributed by atoms with Crippen LogP contribution in [-0.2, 0) is 16.0 Å². The molecule has 0 aliphatic carbocycles. The zero-order chi connectivity index (χ0) is 24.6. The van der Waals surface area contributed by atoms with Crippen molar-refractivity contribution in [2.75, 3.05) is 23.4 Å². The van der Waals surface area contributed by atoms with Gasteiger partial charge in [-0.15, -0.1) is 0 Å². The van der Waals surface area contributed by atoms with Crippen molar-refractivity contribution in [1.82, 2.24) is 4.90 Å². The summed E-state index contributed by atoms with van der Waals surface area (Å²) in [6.45, 7) is 3.16. The molecule has 1 N–H and O–H groups in total. The van der Waals surface area contributed by atoms with Crippen molar-refractivity contribution in [3.8, 4) is 5.75 Å². The predicted octanol–water partition coefficient (Wildman–Crippen LogP) is 5.05. The molecule has 0 spiro atoms. The van der Waals surface area contributed by atoms with E-state index in [1.54, 1.807) is 24.3 Å². The number of benzene rings is 3. The van der Waals surface area contributed by atoms with Gasteiger partial charge < -0.3 is 15.0 Å². The molecule has 7 heteroatoms. The molecule has 2 amide bonds. The quantitative estimate of drug-likeness (QED) is 0.337. The number of hydrogen-bond acceptors (Lipinski definition) is 4. The van der Waals surface area contributed by atoms with Crippen molar-refractivity contribution in [2.45, 2.75) is 32.2 Å². The second kappa shape index (κ2) is 11.6. The summed E-state index contributed by atoms with van der Waals surface area (Å²) in [4.78, 5) is 29.6. The second-order valence-corrected chi connectivity index (χ2v) is 8.74. The summed E-state index contributed by atoms with van der Waals surface area (Å²) in [5.41, 5.74) is 2.51. The first-order valence-electron chi connectivity index (χ1n) is 11.8. The standard InChI is InChI=1S/C28H29N3O3S/c1-2-19-34-24-15-13-23(14-16-24)31-26(32)20-25(27(31)33)30(18-17-21-9-5-3-6-10-21)28(35)29-22-11-7-4-8-12-22/h3-16,25H,2,17-20H2,1H3,(H,29,35). The number of amides is 2. The van der Waals surface area contributed by atoms with E-state index in [0.29, 0.717) is 36.1 Å². The molecule has 1 aliphatic heterocycles. The van der Waals surface area contributed by atoms with Crippen LogP contribution in [0.1, 0.15) is 25.3 Å². The SMILES string of the molecule is CCCOc1ccc(N2C(=O)CC(N(CCc3ccccc3)C(=S)Nc3ccccc3)C2=O)cc1. The van der Waals surface area contributed by atoms with Gasteiger partial charge in [-0.3, -0.25) is 9.59 Å². The van der Waals surface area contributed by atoms with Gasteiger partial charge in [-0.2, -0.15) is 0 Å². The first-order valence-corrected chi connectivity index (χ1v) is 12.2. The van der Waals surface area contributed by atoms with Crippen LogP contribution in [0, 0.1) is 0 Å². The first kappa shape index (κ1) is 24.4. The van der Waals surface area contributed by atoms with Crippen LogP contribution >= 0.6 is 12.2 Å². The average Bonchev–Trinajstić information content (AvgIpc) is 3.18. The van der Waals surface area contributed by atoms with Crippen LogP contribution in [0.5, 0.6) is 5.75 Å². The smallest absolute Gasteiger partial charge is 0.257 e. The molecule has 0 saturated carbocycles. The number of para-hydroxylation sites is 1. The minimum absolute atomic E-state index is 0.0678. The van der Waals surface area contributed by atoms with E-state index in [0.717, 1.165) is 17.7 Å². The van der Waals surface area contributed by atoms with Gasteiger partial charge in [0.25, 0.3) is 5.91 Å². The molecule has 3 aromatic rings. The van der Waals surface area contributed by atoms with E-state index in [4.69, 9.17) is 17.0 Å². The van der Waals surface area contributed by atoms with Crippen LogP contribution in [0.25, 0.3) is 0 Å². The molecule has 1 saturated heterocycles. The summed E-state index contributed by atoms with van der Waals surface area (Å²) in [6.07, 6.45) is 1.67. The fraction of sp³-hybridized carbons (Fsp3) is 0.250. The van der Waals surface area contributed by atoms with Gasteiger partial charge in [0.15, 0.2) is 5.11 Å². The maximum absolute atomic E-state index is 13.5. The molecule has 180 valence electrons. The normalized spacial score (nSPS) is 15.2. The minimum Gasteiger partial charge on any atom is -0.494 e. The number of anilines is 2. The van der Waals surface area contributed by atoms with Gasteiger partial charge in [-0.25, -0.2) is 4.90 Å². The average molecular weight is 488 g/mol. The van der Waals surface area contributed by atoms with E-state index >= 15 is 0 Å². The van der Waals surface area contributed by atoms with Crippen molar-refractivity contribution < 1.29 is 14.3 Å². The van der Waals surface area contributed by atoms with E-state index in [1.807, 2.05) is 72.5 Å². The van der Waals surface area contributed by atoms with E-state index in [2.05, 4.69) is 5.32 Å². The summed E-state index contributed by atoms with van der Waals surface area (Å²) in [5, 5.41) is 3.65. The maximum Gasteiger partial charge on any atom is 0.257 e. The summed E-state index contributed by atoms with van der Waals surface area (Å²) in [5.74, 6) is 0.195. The number of carbonyl (C=O) groups is 2. The summed E-state index contributed by atoms with van der Waals surface area (Å²) in [6, 6.07) is 26.0. The number of hydrogen-bond donors (Lipinski definition) is 1. The lowest BCUT2D eigenvalue weighted by Crippen LogP contribution is -2.48. The molecule has 6 nitrogen and oxygen atoms in total. The lowest BCUT2D eigenvalue weighted by Gasteiger charge is -2.30. The first-order chi connectivity index (χ1) is 17.1.